The summed E-state index contributed by atoms with van der Waals surface area (Å²) in [5.74, 6) is 0.960. The topological polar surface area (TPSA) is 115 Å². The van der Waals surface area contributed by atoms with E-state index in [4.69, 9.17) is 25.5 Å². The van der Waals surface area contributed by atoms with Gasteiger partial charge in [0.25, 0.3) is 17.0 Å². The number of hydrazone groups is 1. The molecule has 5 rings (SSSR count). The number of benzene rings is 4. The number of rotatable bonds is 11. The molecule has 0 bridgehead atoms. The van der Waals surface area contributed by atoms with Gasteiger partial charge in [0.05, 0.1) is 18.3 Å². The van der Waals surface area contributed by atoms with Crippen LogP contribution < -0.4 is 20.2 Å². The van der Waals surface area contributed by atoms with Gasteiger partial charge in [0.15, 0.2) is 12.2 Å². The van der Waals surface area contributed by atoms with Crippen molar-refractivity contribution in [2.75, 3.05) is 19.0 Å². The van der Waals surface area contributed by atoms with Gasteiger partial charge in [0, 0.05) is 22.6 Å². The van der Waals surface area contributed by atoms with Gasteiger partial charge < -0.3 is 19.2 Å². The Morgan fingerprint density at radius 2 is 1.79 bits per heavy atom. The van der Waals surface area contributed by atoms with Crippen molar-refractivity contribution in [3.05, 3.63) is 113 Å². The summed E-state index contributed by atoms with van der Waals surface area (Å²) in [6.45, 7) is -0.205. The Morgan fingerprint density at radius 1 is 1.00 bits per heavy atom. The van der Waals surface area contributed by atoms with E-state index >= 15 is 0 Å². The van der Waals surface area contributed by atoms with Gasteiger partial charge in [0.2, 0.25) is 0 Å². The third kappa shape index (κ3) is 7.48. The van der Waals surface area contributed by atoms with Crippen LogP contribution in [0.3, 0.4) is 0 Å². The van der Waals surface area contributed by atoms with Gasteiger partial charge in [-0.3, -0.25) is 9.59 Å². The van der Waals surface area contributed by atoms with E-state index < -0.39 is 5.91 Å². The fourth-order valence-electron chi connectivity index (χ4n) is 3.88. The number of amides is 2. The summed E-state index contributed by atoms with van der Waals surface area (Å²) < 4.78 is 16.7. The van der Waals surface area contributed by atoms with Crippen molar-refractivity contribution >= 4 is 58.2 Å². The van der Waals surface area contributed by atoms with Gasteiger partial charge in [-0.1, -0.05) is 47.6 Å². The van der Waals surface area contributed by atoms with Crippen molar-refractivity contribution in [2.24, 2.45) is 5.10 Å². The number of oxazole rings is 1. The van der Waals surface area contributed by atoms with Crippen molar-refractivity contribution in [3.8, 4) is 11.5 Å². The zero-order valence-corrected chi connectivity index (χ0v) is 23.9. The highest BCUT2D eigenvalue weighted by molar-refractivity contribution is 7.98. The van der Waals surface area contributed by atoms with Crippen molar-refractivity contribution in [2.45, 2.75) is 11.0 Å². The SMILES string of the molecule is COc1ccc(/C=N\NC(=O)c2ccc(NC(=O)COc3ccccc3Cl)cc2)cc1CSc1nc2ccccc2o1. The number of carbonyl (C=O) groups excluding carboxylic acids is 2. The molecule has 0 aliphatic heterocycles. The first-order valence-electron chi connectivity index (χ1n) is 12.7. The molecule has 2 amide bonds. The molecule has 0 saturated heterocycles. The summed E-state index contributed by atoms with van der Waals surface area (Å²) in [6.07, 6.45) is 1.55. The Hall–Kier alpha value is -4.80. The van der Waals surface area contributed by atoms with E-state index in [0.717, 1.165) is 28.0 Å². The highest BCUT2D eigenvalue weighted by atomic mass is 35.5. The van der Waals surface area contributed by atoms with Gasteiger partial charge in [-0.15, -0.1) is 0 Å². The fourth-order valence-corrected chi connectivity index (χ4v) is 4.89. The van der Waals surface area contributed by atoms with Gasteiger partial charge in [0.1, 0.15) is 17.0 Å². The smallest absolute Gasteiger partial charge is 0.271 e. The maximum atomic E-state index is 12.6. The first-order valence-corrected chi connectivity index (χ1v) is 14.1. The van der Waals surface area contributed by atoms with Crippen LogP contribution in [0.1, 0.15) is 21.5 Å². The zero-order chi connectivity index (χ0) is 29.3. The lowest BCUT2D eigenvalue weighted by atomic mass is 10.1. The van der Waals surface area contributed by atoms with E-state index in [1.807, 2.05) is 42.5 Å². The number of anilines is 1. The highest BCUT2D eigenvalue weighted by Gasteiger charge is 2.11. The molecule has 0 aliphatic carbocycles. The molecule has 0 saturated carbocycles. The Balaban J connectivity index is 1.13. The van der Waals surface area contributed by atoms with E-state index in [9.17, 15) is 9.59 Å². The maximum absolute atomic E-state index is 12.6. The number of thioether (sulfide) groups is 1. The van der Waals surface area contributed by atoms with E-state index in [-0.39, 0.29) is 12.5 Å². The second kappa shape index (κ2) is 13.7. The van der Waals surface area contributed by atoms with Crippen LogP contribution in [0.4, 0.5) is 5.69 Å². The standard InChI is InChI=1S/C31H25ClN4O5S/c1-39-26-15-10-20(16-22(26)19-42-31-35-25-7-3-5-9-28(25)41-31)17-33-36-30(38)21-11-13-23(14-12-21)34-29(37)18-40-27-8-4-2-6-24(27)32/h2-17H,18-19H2,1H3,(H,34,37)(H,36,38)/b33-17-. The van der Waals surface area contributed by atoms with Gasteiger partial charge in [-0.05, 0) is 72.3 Å². The monoisotopic (exact) mass is 600 g/mol. The molecule has 0 atom stereocenters. The van der Waals surface area contributed by atoms with E-state index in [0.29, 0.717) is 33.0 Å². The second-order valence-corrected chi connectivity index (χ2v) is 10.2. The molecule has 1 heterocycles. The molecule has 0 aliphatic rings. The van der Waals surface area contributed by atoms with Gasteiger partial charge in [-0.2, -0.15) is 5.10 Å². The molecule has 0 unspecified atom stereocenters. The van der Waals surface area contributed by atoms with Crippen molar-refractivity contribution < 1.29 is 23.5 Å². The predicted octanol–water partition coefficient (Wildman–Crippen LogP) is 6.56. The molecular formula is C31H25ClN4O5S. The summed E-state index contributed by atoms with van der Waals surface area (Å²) in [5, 5.41) is 7.80. The van der Waals surface area contributed by atoms with Gasteiger partial charge >= 0.3 is 0 Å². The highest BCUT2D eigenvalue weighted by Crippen LogP contribution is 2.30. The zero-order valence-electron chi connectivity index (χ0n) is 22.4. The summed E-state index contributed by atoms with van der Waals surface area (Å²) in [7, 11) is 1.61. The van der Waals surface area contributed by atoms with E-state index in [1.165, 1.54) is 11.8 Å². The quantitative estimate of drug-likeness (QED) is 0.100. The molecule has 4 aromatic carbocycles. The Labute approximate surface area is 250 Å². The Morgan fingerprint density at radius 3 is 2.57 bits per heavy atom. The average molecular weight is 601 g/mol. The van der Waals surface area contributed by atoms with Crippen molar-refractivity contribution in [3.63, 3.8) is 0 Å². The molecule has 9 nitrogen and oxygen atoms in total. The number of para-hydroxylation sites is 3. The largest absolute Gasteiger partial charge is 0.496 e. The molecule has 5 aromatic rings. The maximum Gasteiger partial charge on any atom is 0.271 e. The molecular weight excluding hydrogens is 576 g/mol. The summed E-state index contributed by atoms with van der Waals surface area (Å²) in [5.41, 5.74) is 6.67. The number of aromatic nitrogens is 1. The summed E-state index contributed by atoms with van der Waals surface area (Å²) >= 11 is 7.49. The minimum absolute atomic E-state index is 0.205. The molecule has 2 N–H and O–H groups in total. The Bertz CT molecular complexity index is 1710. The first-order chi connectivity index (χ1) is 20.5. The normalized spacial score (nSPS) is 11.0. The van der Waals surface area contributed by atoms with Crippen LogP contribution in [0.5, 0.6) is 11.5 Å². The van der Waals surface area contributed by atoms with E-state index in [1.54, 1.807) is 61.9 Å². The molecule has 0 spiro atoms. The number of fused-ring (bicyclic) bond motifs is 1. The lowest BCUT2D eigenvalue weighted by Gasteiger charge is -2.09. The van der Waals surface area contributed by atoms with Crippen LogP contribution in [0, 0.1) is 0 Å². The number of methoxy groups -OCH3 is 1. The summed E-state index contributed by atoms with van der Waals surface area (Å²) in [4.78, 5) is 29.3. The first kappa shape index (κ1) is 28.7. The number of ether oxygens (including phenoxy) is 2. The fraction of sp³-hybridized carbons (Fsp3) is 0.0968. The number of nitrogens with zero attached hydrogens (tertiary/aromatic N) is 2. The molecule has 11 heteroatoms. The Kier molecular flexibility index (Phi) is 9.37. The minimum Gasteiger partial charge on any atom is -0.496 e. The van der Waals surface area contributed by atoms with Crippen molar-refractivity contribution in [1.29, 1.82) is 0 Å². The lowest BCUT2D eigenvalue weighted by molar-refractivity contribution is -0.118. The molecule has 42 heavy (non-hydrogen) atoms. The lowest BCUT2D eigenvalue weighted by Crippen LogP contribution is -2.20. The van der Waals surface area contributed by atoms with Crippen LogP contribution >= 0.6 is 23.4 Å². The number of hydrogen-bond acceptors (Lipinski definition) is 8. The second-order valence-electron chi connectivity index (χ2n) is 8.85. The molecule has 212 valence electrons. The number of hydrogen-bond donors (Lipinski definition) is 2. The third-order valence-corrected chi connectivity index (χ3v) is 7.13. The minimum atomic E-state index is -0.397. The van der Waals surface area contributed by atoms with Crippen LogP contribution in [0.2, 0.25) is 5.02 Å². The average Bonchev–Trinajstić information content (AvgIpc) is 3.43. The summed E-state index contributed by atoms with van der Waals surface area (Å²) in [6, 6.07) is 26.5. The number of nitrogens with one attached hydrogen (secondary N) is 2. The van der Waals surface area contributed by atoms with Crippen LogP contribution in [0.15, 0.2) is 106 Å². The van der Waals surface area contributed by atoms with Crippen molar-refractivity contribution in [1.82, 2.24) is 10.4 Å². The number of carbonyl (C=O) groups is 2. The van der Waals surface area contributed by atoms with Crippen LogP contribution in [-0.4, -0.2) is 36.7 Å². The molecule has 0 radical (unpaired) electrons. The molecule has 0 fully saturated rings. The molecule has 1 aromatic heterocycles. The third-order valence-electron chi connectivity index (χ3n) is 5.94. The van der Waals surface area contributed by atoms with Crippen LogP contribution in [-0.2, 0) is 10.5 Å². The number of halogens is 1. The van der Waals surface area contributed by atoms with Gasteiger partial charge in [-0.25, -0.2) is 10.4 Å². The van der Waals surface area contributed by atoms with E-state index in [2.05, 4.69) is 20.8 Å². The van der Waals surface area contributed by atoms with Crippen LogP contribution in [0.25, 0.3) is 11.1 Å². The predicted molar refractivity (Wildman–Crippen MR) is 164 cm³/mol.